The maximum Gasteiger partial charge on any atom is 0.303 e. The Bertz CT molecular complexity index is 327. The van der Waals surface area contributed by atoms with Gasteiger partial charge in [-0.25, -0.2) is 0 Å². The zero-order valence-corrected chi connectivity index (χ0v) is 10.5. The van der Waals surface area contributed by atoms with E-state index in [1.54, 1.807) is 0 Å². The molecule has 0 aromatic carbocycles. The highest BCUT2D eigenvalue weighted by Gasteiger charge is 2.25. The Kier molecular flexibility index (Phi) is 5.85. The van der Waals surface area contributed by atoms with Crippen LogP contribution in [0.4, 0.5) is 0 Å². The number of aliphatic carboxylic acids is 1. The summed E-state index contributed by atoms with van der Waals surface area (Å²) in [5.41, 5.74) is 1.02. The number of carboxylic acids is 1. The molecule has 1 rings (SSSR count). The number of hydrogen-bond donors (Lipinski definition) is 3. The molecule has 1 saturated carbocycles. The molecule has 0 heterocycles. The van der Waals surface area contributed by atoms with Gasteiger partial charge in [0.2, 0.25) is 5.91 Å². The predicted molar refractivity (Wildman–Crippen MR) is 67.0 cm³/mol. The van der Waals surface area contributed by atoms with Gasteiger partial charge in [-0.1, -0.05) is 12.2 Å². The lowest BCUT2D eigenvalue weighted by Gasteiger charge is -2.29. The number of amides is 1. The van der Waals surface area contributed by atoms with Crippen LogP contribution in [0, 0.1) is 0 Å². The van der Waals surface area contributed by atoms with E-state index in [0.717, 1.165) is 18.4 Å². The zero-order valence-electron chi connectivity index (χ0n) is 10.5. The highest BCUT2D eigenvalue weighted by atomic mass is 16.4. The van der Waals surface area contributed by atoms with Gasteiger partial charge in [-0.15, -0.1) is 0 Å². The van der Waals surface area contributed by atoms with Crippen molar-refractivity contribution in [2.75, 3.05) is 0 Å². The number of aliphatic hydroxyl groups excluding tert-OH is 1. The highest BCUT2D eigenvalue weighted by molar-refractivity contribution is 5.76. The smallest absolute Gasteiger partial charge is 0.303 e. The van der Waals surface area contributed by atoms with Crippen molar-refractivity contribution in [3.8, 4) is 0 Å². The number of hydrogen-bond acceptors (Lipinski definition) is 3. The van der Waals surface area contributed by atoms with Gasteiger partial charge in [0.05, 0.1) is 12.1 Å². The van der Waals surface area contributed by atoms with Crippen molar-refractivity contribution in [1.29, 1.82) is 0 Å². The van der Waals surface area contributed by atoms with E-state index >= 15 is 0 Å². The Morgan fingerprint density at radius 1 is 1.33 bits per heavy atom. The van der Waals surface area contributed by atoms with E-state index in [0.29, 0.717) is 25.7 Å². The van der Waals surface area contributed by atoms with Crippen LogP contribution in [0.5, 0.6) is 0 Å². The molecular formula is C13H21NO4. The summed E-state index contributed by atoms with van der Waals surface area (Å²) in [5, 5.41) is 21.0. The molecule has 0 spiro atoms. The van der Waals surface area contributed by atoms with Crippen molar-refractivity contribution < 1.29 is 19.8 Å². The molecule has 0 aliphatic heterocycles. The monoisotopic (exact) mass is 255 g/mol. The molecule has 1 amide bonds. The van der Waals surface area contributed by atoms with E-state index in [4.69, 9.17) is 5.11 Å². The third-order valence-electron chi connectivity index (χ3n) is 3.16. The fraction of sp³-hybridized carbons (Fsp3) is 0.692. The van der Waals surface area contributed by atoms with Crippen LogP contribution in [0.25, 0.3) is 0 Å². The molecule has 0 saturated heterocycles. The summed E-state index contributed by atoms with van der Waals surface area (Å²) in [6.07, 6.45) is 3.04. The summed E-state index contributed by atoms with van der Waals surface area (Å²) in [5.74, 6) is -0.950. The molecule has 0 radical (unpaired) electrons. The predicted octanol–water partition coefficient (Wildman–Crippen LogP) is 1.22. The molecule has 0 aromatic rings. The maximum atomic E-state index is 11.6. The average Bonchev–Trinajstić information content (AvgIpc) is 2.28. The van der Waals surface area contributed by atoms with Gasteiger partial charge in [0, 0.05) is 12.8 Å². The second kappa shape index (κ2) is 7.16. The van der Waals surface area contributed by atoms with E-state index in [9.17, 15) is 14.7 Å². The molecule has 0 bridgehead atoms. The van der Waals surface area contributed by atoms with Crippen LogP contribution in [0.15, 0.2) is 12.2 Å². The average molecular weight is 255 g/mol. The number of carbonyl (C=O) groups is 2. The minimum Gasteiger partial charge on any atom is -0.481 e. The Morgan fingerprint density at radius 3 is 2.61 bits per heavy atom. The van der Waals surface area contributed by atoms with Crippen molar-refractivity contribution in [2.24, 2.45) is 0 Å². The Balaban J connectivity index is 2.19. The van der Waals surface area contributed by atoms with Gasteiger partial charge in [0.15, 0.2) is 0 Å². The number of aliphatic hydroxyl groups is 1. The molecule has 2 unspecified atom stereocenters. The van der Waals surface area contributed by atoms with Gasteiger partial charge in [-0.05, 0) is 32.1 Å². The Labute approximate surface area is 107 Å². The van der Waals surface area contributed by atoms with Crippen LogP contribution in [-0.4, -0.2) is 34.2 Å². The first-order valence-electron chi connectivity index (χ1n) is 6.35. The third kappa shape index (κ3) is 5.31. The zero-order chi connectivity index (χ0) is 13.5. The largest absolute Gasteiger partial charge is 0.481 e. The topological polar surface area (TPSA) is 86.6 Å². The Hall–Kier alpha value is -1.36. The molecular weight excluding hydrogens is 234 g/mol. The molecule has 1 aliphatic carbocycles. The van der Waals surface area contributed by atoms with Crippen molar-refractivity contribution in [1.82, 2.24) is 5.32 Å². The van der Waals surface area contributed by atoms with Crippen molar-refractivity contribution in [3.05, 3.63) is 12.2 Å². The molecule has 102 valence electrons. The van der Waals surface area contributed by atoms with Crippen LogP contribution < -0.4 is 5.32 Å². The lowest BCUT2D eigenvalue weighted by molar-refractivity contribution is -0.137. The number of carboxylic acid groups (broad SMARTS) is 1. The van der Waals surface area contributed by atoms with Crippen LogP contribution >= 0.6 is 0 Å². The second-order valence-corrected chi connectivity index (χ2v) is 4.83. The molecule has 5 nitrogen and oxygen atoms in total. The summed E-state index contributed by atoms with van der Waals surface area (Å²) in [6.45, 7) is 3.83. The number of rotatable bonds is 6. The van der Waals surface area contributed by atoms with E-state index in [2.05, 4.69) is 11.9 Å². The normalized spacial score (nSPS) is 23.7. The summed E-state index contributed by atoms with van der Waals surface area (Å²) < 4.78 is 0. The minimum atomic E-state index is -0.836. The van der Waals surface area contributed by atoms with Crippen LogP contribution in [0.2, 0.25) is 0 Å². The first-order chi connectivity index (χ1) is 8.49. The van der Waals surface area contributed by atoms with Gasteiger partial charge in [0.1, 0.15) is 0 Å². The van der Waals surface area contributed by atoms with Crippen LogP contribution in [0.1, 0.15) is 44.9 Å². The fourth-order valence-corrected chi connectivity index (χ4v) is 2.10. The van der Waals surface area contributed by atoms with Gasteiger partial charge >= 0.3 is 5.97 Å². The first kappa shape index (κ1) is 14.7. The number of carbonyl (C=O) groups excluding carboxylic acids is 1. The molecule has 18 heavy (non-hydrogen) atoms. The van der Waals surface area contributed by atoms with E-state index in [1.165, 1.54) is 0 Å². The summed E-state index contributed by atoms with van der Waals surface area (Å²) in [7, 11) is 0. The van der Waals surface area contributed by atoms with Crippen molar-refractivity contribution in [2.45, 2.75) is 57.1 Å². The number of unbranched alkanes of at least 4 members (excludes halogenated alkanes) is 1. The summed E-state index contributed by atoms with van der Waals surface area (Å²) in [4.78, 5) is 21.9. The van der Waals surface area contributed by atoms with Gasteiger partial charge in [0.25, 0.3) is 0 Å². The van der Waals surface area contributed by atoms with Crippen LogP contribution in [-0.2, 0) is 9.59 Å². The van der Waals surface area contributed by atoms with E-state index in [1.807, 2.05) is 0 Å². The van der Waals surface area contributed by atoms with E-state index < -0.39 is 12.1 Å². The quantitative estimate of drug-likeness (QED) is 0.492. The first-order valence-corrected chi connectivity index (χ1v) is 6.35. The lowest BCUT2D eigenvalue weighted by atomic mass is 9.89. The van der Waals surface area contributed by atoms with Crippen molar-refractivity contribution >= 4 is 11.9 Å². The van der Waals surface area contributed by atoms with Gasteiger partial charge < -0.3 is 15.5 Å². The molecule has 2 atom stereocenters. The van der Waals surface area contributed by atoms with E-state index in [-0.39, 0.29) is 18.4 Å². The third-order valence-corrected chi connectivity index (χ3v) is 3.16. The number of nitrogens with one attached hydrogen (secondary N) is 1. The molecule has 5 heteroatoms. The SMILES string of the molecule is C=C1CCC(NC(=O)CCCCC(=O)O)C(O)C1. The summed E-state index contributed by atoms with van der Waals surface area (Å²) in [6, 6.07) is -0.192. The Morgan fingerprint density at radius 2 is 2.00 bits per heavy atom. The van der Waals surface area contributed by atoms with Gasteiger partial charge in [-0.3, -0.25) is 9.59 Å². The molecule has 1 fully saturated rings. The van der Waals surface area contributed by atoms with Crippen molar-refractivity contribution in [3.63, 3.8) is 0 Å². The minimum absolute atomic E-state index is 0.0964. The molecule has 0 aromatic heterocycles. The summed E-state index contributed by atoms with van der Waals surface area (Å²) >= 11 is 0. The second-order valence-electron chi connectivity index (χ2n) is 4.83. The molecule has 1 aliphatic rings. The fourth-order valence-electron chi connectivity index (χ4n) is 2.10. The van der Waals surface area contributed by atoms with Crippen LogP contribution in [0.3, 0.4) is 0 Å². The molecule has 3 N–H and O–H groups in total. The highest BCUT2D eigenvalue weighted by Crippen LogP contribution is 2.22. The maximum absolute atomic E-state index is 11.6. The lowest BCUT2D eigenvalue weighted by Crippen LogP contribution is -2.45. The standard InChI is InChI=1S/C13H21NO4/c1-9-6-7-10(11(15)8-9)14-12(16)4-2-3-5-13(17)18/h10-11,15H,1-8H2,(H,14,16)(H,17,18). The van der Waals surface area contributed by atoms with Gasteiger partial charge in [-0.2, -0.15) is 0 Å².